The minimum Gasteiger partial charge on any atom is -0.271 e. The Morgan fingerprint density at radius 2 is 2.25 bits per heavy atom. The first-order chi connectivity index (χ1) is 7.70. The first kappa shape index (κ1) is 12.1. The molecule has 0 spiro atoms. The molecule has 1 atom stereocenters. The summed E-state index contributed by atoms with van der Waals surface area (Å²) in [5.74, 6) is 6.63. The Labute approximate surface area is 106 Å². The third-order valence-electron chi connectivity index (χ3n) is 3.38. The molecule has 0 radical (unpaired) electrons. The molecular formula is C13H19BrN2. The molecule has 1 aromatic carbocycles. The van der Waals surface area contributed by atoms with Crippen molar-refractivity contribution in [3.05, 3.63) is 33.8 Å². The lowest BCUT2D eigenvalue weighted by atomic mass is 9.97. The van der Waals surface area contributed by atoms with Crippen LogP contribution in [0.2, 0.25) is 0 Å². The van der Waals surface area contributed by atoms with E-state index in [0.717, 1.165) is 16.8 Å². The molecule has 2 rings (SSSR count). The standard InChI is InChI=1S/C13H19BrN2/c1-9-2-6-11(14)8-12(9)13(16-15)7-5-10-3-4-10/h2,6,8,10,13,16H,3-5,7,15H2,1H3. The fourth-order valence-electron chi connectivity index (χ4n) is 2.12. The maximum Gasteiger partial charge on any atom is 0.0463 e. The molecule has 0 aromatic heterocycles. The first-order valence-corrected chi connectivity index (χ1v) is 6.72. The average Bonchev–Trinajstić information content (AvgIpc) is 3.07. The molecule has 88 valence electrons. The second kappa shape index (κ2) is 5.30. The molecule has 0 saturated heterocycles. The number of nitrogens with two attached hydrogens (primary N) is 1. The van der Waals surface area contributed by atoms with Crippen LogP contribution in [0.1, 0.15) is 42.9 Å². The van der Waals surface area contributed by atoms with E-state index in [9.17, 15) is 0 Å². The van der Waals surface area contributed by atoms with Crippen LogP contribution >= 0.6 is 15.9 Å². The second-order valence-corrected chi connectivity index (χ2v) is 5.66. The van der Waals surface area contributed by atoms with Crippen molar-refractivity contribution in [1.29, 1.82) is 0 Å². The van der Waals surface area contributed by atoms with Gasteiger partial charge >= 0.3 is 0 Å². The zero-order valence-corrected chi connectivity index (χ0v) is 11.3. The summed E-state index contributed by atoms with van der Waals surface area (Å²) in [5, 5.41) is 0. The molecule has 1 unspecified atom stereocenters. The summed E-state index contributed by atoms with van der Waals surface area (Å²) in [6, 6.07) is 6.68. The molecule has 0 bridgehead atoms. The quantitative estimate of drug-likeness (QED) is 0.641. The van der Waals surface area contributed by atoms with Crippen LogP contribution in [0.4, 0.5) is 0 Å². The van der Waals surface area contributed by atoms with Crippen molar-refractivity contribution < 1.29 is 0 Å². The van der Waals surface area contributed by atoms with Gasteiger partial charge in [0.25, 0.3) is 0 Å². The zero-order valence-electron chi connectivity index (χ0n) is 9.67. The number of halogens is 1. The number of benzene rings is 1. The number of rotatable bonds is 5. The maximum absolute atomic E-state index is 5.67. The molecule has 16 heavy (non-hydrogen) atoms. The van der Waals surface area contributed by atoms with Gasteiger partial charge in [-0.15, -0.1) is 0 Å². The van der Waals surface area contributed by atoms with Gasteiger partial charge in [0.1, 0.15) is 0 Å². The van der Waals surface area contributed by atoms with Gasteiger partial charge in [-0.25, -0.2) is 0 Å². The van der Waals surface area contributed by atoms with E-state index in [4.69, 9.17) is 5.84 Å². The van der Waals surface area contributed by atoms with Gasteiger partial charge in [0.15, 0.2) is 0 Å². The van der Waals surface area contributed by atoms with Crippen LogP contribution in [0, 0.1) is 12.8 Å². The summed E-state index contributed by atoms with van der Waals surface area (Å²) in [6.07, 6.45) is 5.25. The Kier molecular flexibility index (Phi) is 4.00. The van der Waals surface area contributed by atoms with Gasteiger partial charge in [0.2, 0.25) is 0 Å². The smallest absolute Gasteiger partial charge is 0.0463 e. The topological polar surface area (TPSA) is 38.0 Å². The molecule has 1 saturated carbocycles. The summed E-state index contributed by atoms with van der Waals surface area (Å²) in [4.78, 5) is 0. The van der Waals surface area contributed by atoms with E-state index >= 15 is 0 Å². The minimum atomic E-state index is 0.290. The van der Waals surface area contributed by atoms with Gasteiger partial charge in [0, 0.05) is 10.5 Å². The Bertz CT molecular complexity index is 361. The van der Waals surface area contributed by atoms with Crippen LogP contribution in [-0.4, -0.2) is 0 Å². The van der Waals surface area contributed by atoms with Gasteiger partial charge in [-0.05, 0) is 48.9 Å². The summed E-state index contributed by atoms with van der Waals surface area (Å²) in [7, 11) is 0. The van der Waals surface area contributed by atoms with E-state index in [1.54, 1.807) is 0 Å². The lowest BCUT2D eigenvalue weighted by Crippen LogP contribution is -2.28. The van der Waals surface area contributed by atoms with E-state index < -0.39 is 0 Å². The van der Waals surface area contributed by atoms with Crippen molar-refractivity contribution in [3.63, 3.8) is 0 Å². The summed E-state index contributed by atoms with van der Waals surface area (Å²) < 4.78 is 1.12. The Hall–Kier alpha value is -0.380. The minimum absolute atomic E-state index is 0.290. The van der Waals surface area contributed by atoms with Gasteiger partial charge in [-0.1, -0.05) is 34.8 Å². The van der Waals surface area contributed by atoms with Crippen LogP contribution in [0.25, 0.3) is 0 Å². The van der Waals surface area contributed by atoms with Crippen LogP contribution < -0.4 is 11.3 Å². The fraction of sp³-hybridized carbons (Fsp3) is 0.538. The lowest BCUT2D eigenvalue weighted by molar-refractivity contribution is 0.480. The third-order valence-corrected chi connectivity index (χ3v) is 3.87. The SMILES string of the molecule is Cc1ccc(Br)cc1C(CCC1CC1)NN. The molecule has 1 aliphatic rings. The predicted molar refractivity (Wildman–Crippen MR) is 70.9 cm³/mol. The summed E-state index contributed by atoms with van der Waals surface area (Å²) in [5.41, 5.74) is 5.57. The summed E-state index contributed by atoms with van der Waals surface area (Å²) in [6.45, 7) is 2.14. The maximum atomic E-state index is 5.67. The monoisotopic (exact) mass is 282 g/mol. The van der Waals surface area contributed by atoms with Crippen LogP contribution in [0.3, 0.4) is 0 Å². The van der Waals surface area contributed by atoms with Gasteiger partial charge in [-0.3, -0.25) is 11.3 Å². The molecule has 2 nitrogen and oxygen atoms in total. The molecule has 1 aliphatic carbocycles. The third kappa shape index (κ3) is 3.06. The number of aryl methyl sites for hydroxylation is 1. The normalized spacial score (nSPS) is 17.4. The van der Waals surface area contributed by atoms with Crippen molar-refractivity contribution in [3.8, 4) is 0 Å². The molecule has 3 N–H and O–H groups in total. The van der Waals surface area contributed by atoms with Crippen molar-refractivity contribution >= 4 is 15.9 Å². The Morgan fingerprint density at radius 3 is 2.88 bits per heavy atom. The largest absolute Gasteiger partial charge is 0.271 e. The number of hydrazine groups is 1. The Morgan fingerprint density at radius 1 is 1.50 bits per heavy atom. The first-order valence-electron chi connectivity index (χ1n) is 5.93. The lowest BCUT2D eigenvalue weighted by Gasteiger charge is -2.18. The van der Waals surface area contributed by atoms with Crippen molar-refractivity contribution in [2.45, 2.75) is 38.6 Å². The van der Waals surface area contributed by atoms with Crippen molar-refractivity contribution in [2.75, 3.05) is 0 Å². The van der Waals surface area contributed by atoms with Crippen LogP contribution in [-0.2, 0) is 0 Å². The molecule has 0 heterocycles. The molecular weight excluding hydrogens is 264 g/mol. The van der Waals surface area contributed by atoms with E-state index in [0.29, 0.717) is 0 Å². The Balaban J connectivity index is 2.07. The zero-order chi connectivity index (χ0) is 11.5. The molecule has 0 amide bonds. The second-order valence-electron chi connectivity index (χ2n) is 4.74. The highest BCUT2D eigenvalue weighted by atomic mass is 79.9. The van der Waals surface area contributed by atoms with Crippen LogP contribution in [0.5, 0.6) is 0 Å². The number of hydrogen-bond acceptors (Lipinski definition) is 2. The highest BCUT2D eigenvalue weighted by Crippen LogP contribution is 2.36. The fourth-order valence-corrected chi connectivity index (χ4v) is 2.50. The molecule has 0 aliphatic heterocycles. The van der Waals surface area contributed by atoms with E-state index in [1.807, 2.05) is 0 Å². The number of hydrogen-bond donors (Lipinski definition) is 2. The molecule has 3 heteroatoms. The van der Waals surface area contributed by atoms with Crippen LogP contribution in [0.15, 0.2) is 22.7 Å². The highest BCUT2D eigenvalue weighted by Gasteiger charge is 2.23. The predicted octanol–water partition coefficient (Wildman–Crippen LogP) is 3.45. The van der Waals surface area contributed by atoms with Gasteiger partial charge in [0.05, 0.1) is 0 Å². The van der Waals surface area contributed by atoms with E-state index in [2.05, 4.69) is 46.5 Å². The van der Waals surface area contributed by atoms with E-state index in [-0.39, 0.29) is 6.04 Å². The summed E-state index contributed by atoms with van der Waals surface area (Å²) >= 11 is 3.52. The highest BCUT2D eigenvalue weighted by molar-refractivity contribution is 9.10. The van der Waals surface area contributed by atoms with Crippen molar-refractivity contribution in [1.82, 2.24) is 5.43 Å². The van der Waals surface area contributed by atoms with Gasteiger partial charge in [-0.2, -0.15) is 0 Å². The average molecular weight is 283 g/mol. The molecule has 1 fully saturated rings. The van der Waals surface area contributed by atoms with E-state index in [1.165, 1.54) is 30.4 Å². The molecule has 1 aromatic rings. The number of nitrogens with one attached hydrogen (secondary N) is 1. The van der Waals surface area contributed by atoms with Crippen molar-refractivity contribution in [2.24, 2.45) is 11.8 Å². The van der Waals surface area contributed by atoms with Gasteiger partial charge < -0.3 is 0 Å².